The first-order valence-corrected chi connectivity index (χ1v) is 5.57. The van der Waals surface area contributed by atoms with E-state index in [2.05, 4.69) is 22.6 Å². The maximum atomic E-state index is 9.54. The van der Waals surface area contributed by atoms with Crippen molar-refractivity contribution in [2.45, 2.75) is 0 Å². The molecule has 0 fully saturated rings. The van der Waals surface area contributed by atoms with Crippen molar-refractivity contribution < 1.29 is 5.11 Å². The molecule has 0 saturated heterocycles. The summed E-state index contributed by atoms with van der Waals surface area (Å²) < 4.78 is 2.06. The maximum absolute atomic E-state index is 9.54. The highest BCUT2D eigenvalue weighted by Crippen LogP contribution is 2.37. The van der Waals surface area contributed by atoms with Gasteiger partial charge in [0.05, 0.1) is 10.4 Å². The number of phenolic OH excluding ortho intramolecular Hbond substituents is 1. The minimum Gasteiger partial charge on any atom is -0.507 e. The first-order valence-electron chi connectivity index (χ1n) is 3.23. The van der Waals surface area contributed by atoms with Gasteiger partial charge >= 0.3 is 0 Å². The second-order valence-corrected chi connectivity index (χ2v) is 4.95. The van der Waals surface area contributed by atoms with Crippen LogP contribution in [0.5, 0.6) is 5.75 Å². The SMILES string of the molecule is Oc1cc(I)cc2scc(Cl)c12. The molecule has 0 atom stereocenters. The summed E-state index contributed by atoms with van der Waals surface area (Å²) in [5.74, 6) is 0.267. The Balaban J connectivity index is 2.93. The highest BCUT2D eigenvalue weighted by atomic mass is 127. The zero-order valence-electron chi connectivity index (χ0n) is 5.84. The van der Waals surface area contributed by atoms with E-state index >= 15 is 0 Å². The quantitative estimate of drug-likeness (QED) is 0.733. The lowest BCUT2D eigenvalue weighted by Crippen LogP contribution is -1.71. The van der Waals surface area contributed by atoms with Gasteiger partial charge in [0.25, 0.3) is 0 Å². The Bertz CT molecular complexity index is 438. The summed E-state index contributed by atoms with van der Waals surface area (Å²) >= 11 is 9.59. The molecule has 1 aromatic heterocycles. The van der Waals surface area contributed by atoms with Crippen molar-refractivity contribution >= 4 is 55.6 Å². The Labute approximate surface area is 92.1 Å². The van der Waals surface area contributed by atoms with Crippen LogP contribution in [-0.4, -0.2) is 5.11 Å². The summed E-state index contributed by atoms with van der Waals surface area (Å²) in [6.45, 7) is 0. The Kier molecular flexibility index (Phi) is 2.18. The summed E-state index contributed by atoms with van der Waals surface area (Å²) in [4.78, 5) is 0. The molecule has 0 aliphatic carbocycles. The van der Waals surface area contributed by atoms with Crippen LogP contribution >= 0.6 is 45.5 Å². The number of hydrogen-bond acceptors (Lipinski definition) is 2. The lowest BCUT2D eigenvalue weighted by atomic mass is 10.2. The molecule has 0 aliphatic heterocycles. The zero-order chi connectivity index (χ0) is 8.72. The number of halogens is 2. The van der Waals surface area contributed by atoms with Gasteiger partial charge in [-0.15, -0.1) is 11.3 Å². The maximum Gasteiger partial charge on any atom is 0.126 e. The molecule has 0 saturated carbocycles. The lowest BCUT2D eigenvalue weighted by Gasteiger charge is -1.96. The molecule has 1 aromatic carbocycles. The molecule has 0 bridgehead atoms. The highest BCUT2D eigenvalue weighted by Gasteiger charge is 2.07. The third-order valence-electron chi connectivity index (χ3n) is 1.57. The molecule has 4 heteroatoms. The molecule has 12 heavy (non-hydrogen) atoms. The first kappa shape index (κ1) is 8.59. The van der Waals surface area contributed by atoms with Crippen LogP contribution in [0.25, 0.3) is 10.1 Å². The van der Waals surface area contributed by atoms with E-state index in [1.165, 1.54) is 0 Å². The normalized spacial score (nSPS) is 10.8. The predicted molar refractivity (Wildman–Crippen MR) is 61.2 cm³/mol. The van der Waals surface area contributed by atoms with Crippen LogP contribution in [0.3, 0.4) is 0 Å². The summed E-state index contributed by atoms with van der Waals surface area (Å²) in [7, 11) is 0. The molecule has 2 rings (SSSR count). The van der Waals surface area contributed by atoms with E-state index in [-0.39, 0.29) is 5.75 Å². The van der Waals surface area contributed by atoms with Gasteiger partial charge in [-0.3, -0.25) is 0 Å². The van der Waals surface area contributed by atoms with Gasteiger partial charge in [0.15, 0.2) is 0 Å². The van der Waals surface area contributed by atoms with Crippen LogP contribution in [-0.2, 0) is 0 Å². The van der Waals surface area contributed by atoms with Crippen molar-refractivity contribution in [2.24, 2.45) is 0 Å². The Morgan fingerprint density at radius 1 is 1.42 bits per heavy atom. The summed E-state index contributed by atoms with van der Waals surface area (Å²) in [5, 5.41) is 12.8. The van der Waals surface area contributed by atoms with Crippen LogP contribution < -0.4 is 0 Å². The third-order valence-corrected chi connectivity index (χ3v) is 3.55. The lowest BCUT2D eigenvalue weighted by molar-refractivity contribution is 0.481. The van der Waals surface area contributed by atoms with Gasteiger partial charge in [-0.2, -0.15) is 0 Å². The summed E-state index contributed by atoms with van der Waals surface area (Å²) in [5.41, 5.74) is 0. The van der Waals surface area contributed by atoms with Gasteiger partial charge in [-0.05, 0) is 34.7 Å². The number of thiophene rings is 1. The number of hydrogen-bond donors (Lipinski definition) is 1. The topological polar surface area (TPSA) is 20.2 Å². The monoisotopic (exact) mass is 310 g/mol. The smallest absolute Gasteiger partial charge is 0.126 e. The van der Waals surface area contributed by atoms with Crippen molar-refractivity contribution in [3.05, 3.63) is 26.1 Å². The van der Waals surface area contributed by atoms with E-state index in [9.17, 15) is 5.11 Å². The third kappa shape index (κ3) is 1.30. The molecule has 0 aliphatic rings. The van der Waals surface area contributed by atoms with Crippen molar-refractivity contribution in [3.63, 3.8) is 0 Å². The zero-order valence-corrected chi connectivity index (χ0v) is 9.57. The van der Waals surface area contributed by atoms with Gasteiger partial charge < -0.3 is 5.11 Å². The Morgan fingerprint density at radius 2 is 2.17 bits per heavy atom. The van der Waals surface area contributed by atoms with E-state index in [1.54, 1.807) is 17.4 Å². The average molecular weight is 311 g/mol. The minimum absolute atomic E-state index is 0.267. The van der Waals surface area contributed by atoms with Gasteiger partial charge in [-0.25, -0.2) is 0 Å². The second-order valence-electron chi connectivity index (χ2n) is 2.38. The largest absolute Gasteiger partial charge is 0.507 e. The van der Waals surface area contributed by atoms with Gasteiger partial charge in [0.1, 0.15) is 5.75 Å². The van der Waals surface area contributed by atoms with E-state index in [4.69, 9.17) is 11.6 Å². The van der Waals surface area contributed by atoms with Gasteiger partial charge in [0, 0.05) is 13.7 Å². The highest BCUT2D eigenvalue weighted by molar-refractivity contribution is 14.1. The van der Waals surface area contributed by atoms with Crippen molar-refractivity contribution in [3.8, 4) is 5.75 Å². The molecule has 0 amide bonds. The fourth-order valence-electron chi connectivity index (χ4n) is 1.08. The summed E-state index contributed by atoms with van der Waals surface area (Å²) in [6, 6.07) is 3.72. The first-order chi connectivity index (χ1) is 5.68. The molecular formula is C8H4ClIOS. The molecule has 0 spiro atoms. The minimum atomic E-state index is 0.267. The molecule has 1 heterocycles. The van der Waals surface area contributed by atoms with Crippen LogP contribution in [0.2, 0.25) is 5.02 Å². The van der Waals surface area contributed by atoms with Crippen LogP contribution in [0.4, 0.5) is 0 Å². The molecule has 1 nitrogen and oxygen atoms in total. The Hall–Kier alpha value is -0.000000000000000139. The van der Waals surface area contributed by atoms with E-state index < -0.39 is 0 Å². The predicted octanol–water partition coefficient (Wildman–Crippen LogP) is 3.86. The average Bonchev–Trinajstić information content (AvgIpc) is 2.31. The molecule has 0 radical (unpaired) electrons. The fourth-order valence-corrected chi connectivity index (χ4v) is 3.16. The van der Waals surface area contributed by atoms with Gasteiger partial charge in [0.2, 0.25) is 0 Å². The fraction of sp³-hybridized carbons (Fsp3) is 0. The molecule has 2 aromatic rings. The van der Waals surface area contributed by atoms with E-state index in [0.29, 0.717) is 5.02 Å². The number of benzene rings is 1. The molecule has 1 N–H and O–H groups in total. The standard InChI is InChI=1S/C8H4ClIOS/c9-5-3-12-7-2-4(10)1-6(11)8(5)7/h1-3,11H. The molecular weight excluding hydrogens is 307 g/mol. The van der Waals surface area contributed by atoms with Gasteiger partial charge in [-0.1, -0.05) is 11.6 Å². The van der Waals surface area contributed by atoms with Crippen molar-refractivity contribution in [2.75, 3.05) is 0 Å². The Morgan fingerprint density at radius 3 is 2.92 bits per heavy atom. The van der Waals surface area contributed by atoms with Crippen LogP contribution in [0.1, 0.15) is 0 Å². The molecule has 62 valence electrons. The number of fused-ring (bicyclic) bond motifs is 1. The van der Waals surface area contributed by atoms with Crippen LogP contribution in [0, 0.1) is 3.57 Å². The summed E-state index contributed by atoms with van der Waals surface area (Å²) in [6.07, 6.45) is 0. The molecule has 0 unspecified atom stereocenters. The van der Waals surface area contributed by atoms with E-state index in [0.717, 1.165) is 13.7 Å². The number of aromatic hydroxyl groups is 1. The number of rotatable bonds is 0. The van der Waals surface area contributed by atoms with Crippen molar-refractivity contribution in [1.82, 2.24) is 0 Å². The van der Waals surface area contributed by atoms with Crippen LogP contribution in [0.15, 0.2) is 17.5 Å². The number of phenols is 1. The van der Waals surface area contributed by atoms with Crippen molar-refractivity contribution in [1.29, 1.82) is 0 Å². The second kappa shape index (κ2) is 3.05. The van der Waals surface area contributed by atoms with E-state index in [1.807, 2.05) is 11.4 Å².